The van der Waals surface area contributed by atoms with Crippen molar-refractivity contribution in [1.82, 2.24) is 0 Å². The van der Waals surface area contributed by atoms with E-state index in [0.29, 0.717) is 29.9 Å². The number of hydrogen-bond donors (Lipinski definition) is 3. The minimum Gasteiger partial charge on any atom is -0.289 e. The molecule has 0 aromatic heterocycles. The number of rotatable bonds is 5. The van der Waals surface area contributed by atoms with Crippen LogP contribution in [0.4, 0.5) is 0 Å². The fraction of sp³-hybridized carbons (Fsp3) is 0.0769. The third-order valence-corrected chi connectivity index (χ3v) is 11.2. The van der Waals surface area contributed by atoms with Crippen LogP contribution in [0.1, 0.15) is 13.3 Å². The van der Waals surface area contributed by atoms with E-state index in [2.05, 4.69) is 0 Å². The zero-order chi connectivity index (χ0) is 40.0. The molecule has 8 bridgehead atoms. The van der Waals surface area contributed by atoms with E-state index >= 15 is 0 Å². The molecule has 13 nitrogen and oxygen atoms in total. The molecular formula is C39H28O13S3. The van der Waals surface area contributed by atoms with E-state index < -0.39 is 102 Å². The topological polar surface area (TPSA) is 231 Å². The summed E-state index contributed by atoms with van der Waals surface area (Å²) in [5.41, 5.74) is -2.58. The molecule has 1 atom stereocenters. The average Bonchev–Trinajstić information content (AvgIpc) is 3.07. The van der Waals surface area contributed by atoms with Gasteiger partial charge in [-0.1, -0.05) is 49.5 Å². The molecule has 0 radical (unpaired) electrons. The second-order valence-corrected chi connectivity index (χ2v) is 17.1. The number of hydrogen-bond acceptors (Lipinski definition) is 10. The maximum absolute atomic E-state index is 14.0. The van der Waals surface area contributed by atoms with E-state index in [1.807, 2.05) is 37.3 Å². The van der Waals surface area contributed by atoms with Gasteiger partial charge in [0, 0.05) is 44.6 Å². The summed E-state index contributed by atoms with van der Waals surface area (Å²) < 4.78 is 104. The second kappa shape index (κ2) is 14.5. The van der Waals surface area contributed by atoms with E-state index in [0.717, 1.165) is 48.5 Å². The summed E-state index contributed by atoms with van der Waals surface area (Å²) in [6, 6.07) is 0. The summed E-state index contributed by atoms with van der Waals surface area (Å²) in [5, 5.41) is 0. The van der Waals surface area contributed by atoms with Gasteiger partial charge in [0.2, 0.25) is 0 Å². The van der Waals surface area contributed by atoms with Gasteiger partial charge in [-0.3, -0.25) is 32.8 Å². The van der Waals surface area contributed by atoms with Crippen LogP contribution in [-0.4, -0.2) is 62.0 Å². The van der Waals surface area contributed by atoms with Crippen molar-refractivity contribution < 1.29 is 58.1 Å². The van der Waals surface area contributed by atoms with Crippen molar-refractivity contribution in [1.29, 1.82) is 0 Å². The van der Waals surface area contributed by atoms with E-state index in [4.69, 9.17) is 0 Å². The van der Waals surface area contributed by atoms with E-state index in [1.165, 1.54) is 12.2 Å². The van der Waals surface area contributed by atoms with Crippen molar-refractivity contribution >= 4 is 53.5 Å². The van der Waals surface area contributed by atoms with Crippen LogP contribution in [0.5, 0.6) is 0 Å². The Morgan fingerprint density at radius 3 is 1.22 bits per heavy atom. The highest BCUT2D eigenvalue weighted by atomic mass is 32.2. The molecule has 3 N–H and O–H groups in total. The summed E-state index contributed by atoms with van der Waals surface area (Å²) in [4.78, 5) is 52.9. The van der Waals surface area contributed by atoms with Gasteiger partial charge in [0.15, 0.2) is 23.1 Å². The highest BCUT2D eigenvalue weighted by Gasteiger charge is 2.32. The van der Waals surface area contributed by atoms with Crippen molar-refractivity contribution in [2.24, 2.45) is 5.92 Å². The summed E-state index contributed by atoms with van der Waals surface area (Å²) in [7, 11) is -15.1. The molecule has 55 heavy (non-hydrogen) atoms. The molecule has 1 unspecified atom stereocenters. The predicted octanol–water partition coefficient (Wildman–Crippen LogP) is 4.62. The first-order valence-electron chi connectivity index (χ1n) is 16.1. The van der Waals surface area contributed by atoms with Crippen molar-refractivity contribution in [3.05, 3.63) is 186 Å². The van der Waals surface area contributed by atoms with Crippen LogP contribution < -0.4 is 0 Å². The number of allylic oxidation sites excluding steroid dienone is 29. The molecule has 0 saturated heterocycles. The van der Waals surface area contributed by atoms with Crippen molar-refractivity contribution in [2.75, 3.05) is 0 Å². The summed E-state index contributed by atoms with van der Waals surface area (Å²) >= 11 is 0. The quantitative estimate of drug-likeness (QED) is 0.323. The minimum atomic E-state index is -5.08. The number of Topliss-reactive ketones (excluding diaryl/α,β-unsaturated/α-hetero) is 4. The molecule has 0 saturated carbocycles. The molecule has 16 heteroatoms. The van der Waals surface area contributed by atoms with Gasteiger partial charge < -0.3 is 0 Å². The van der Waals surface area contributed by atoms with Crippen LogP contribution in [0.2, 0.25) is 0 Å². The molecule has 0 aliphatic heterocycles. The Labute approximate surface area is 315 Å². The van der Waals surface area contributed by atoms with Gasteiger partial charge in [0.1, 0.15) is 0 Å². The Bertz CT molecular complexity index is 2760. The van der Waals surface area contributed by atoms with Crippen LogP contribution in [0, 0.1) is 5.92 Å². The Morgan fingerprint density at radius 1 is 0.473 bits per heavy atom. The number of ketones is 4. The van der Waals surface area contributed by atoms with Gasteiger partial charge in [0.05, 0.1) is 14.7 Å². The number of carbonyl (C=O) groups excluding carboxylic acids is 4. The normalized spacial score (nSPS) is 22.3. The minimum absolute atomic E-state index is 0.222. The lowest BCUT2D eigenvalue weighted by atomic mass is 9.85. The molecule has 0 aromatic carbocycles. The zero-order valence-electron chi connectivity index (χ0n) is 28.4. The fourth-order valence-electron chi connectivity index (χ4n) is 5.91. The molecular weight excluding hydrogens is 773 g/mol. The van der Waals surface area contributed by atoms with Crippen LogP contribution in [0.15, 0.2) is 186 Å². The second-order valence-electron chi connectivity index (χ2n) is 12.8. The van der Waals surface area contributed by atoms with Crippen molar-refractivity contribution in [3.8, 4) is 0 Å². The molecule has 0 spiro atoms. The molecule has 6 aliphatic rings. The van der Waals surface area contributed by atoms with Gasteiger partial charge in [-0.15, -0.1) is 0 Å². The Morgan fingerprint density at radius 2 is 0.818 bits per heavy atom. The Kier molecular flexibility index (Phi) is 10.3. The lowest BCUT2D eigenvalue weighted by Gasteiger charge is -2.19. The highest BCUT2D eigenvalue weighted by Crippen LogP contribution is 2.33. The average molecular weight is 801 g/mol. The van der Waals surface area contributed by atoms with Crippen molar-refractivity contribution in [2.45, 2.75) is 13.3 Å². The zero-order valence-corrected chi connectivity index (χ0v) is 30.9. The van der Waals surface area contributed by atoms with E-state index in [-0.39, 0.29) is 17.1 Å². The Balaban J connectivity index is 1.65. The molecule has 0 heterocycles. The molecule has 0 amide bonds. The van der Waals surface area contributed by atoms with Crippen LogP contribution >= 0.6 is 0 Å². The van der Waals surface area contributed by atoms with E-state index in [9.17, 15) is 58.1 Å². The standard InChI is InChI=1S/C39H28O13S3/c1-22-4-2-3-5-23(7-6-22)8-9-24-10-25-12-27-16-33(53(44,45)46)18-29(37(27)41)14-31-20-35(55(50,51)52)21-32(39(31)43)15-30-19-34(54(47,48)49)17-28(38(30)42)13-26(11-24)36(25)40/h2-5,7-22H,6H2,1H3,(H,44,45,46)(H,47,48,49)(H,50,51,52)/b4-2?,5-3?,9-8+,23-7?,25-12?,26-13?,27-12?,28-13?,29-14?,30-15?,31-14?,32-15?. The summed E-state index contributed by atoms with van der Waals surface area (Å²) in [6.07, 6.45) is 24.4. The van der Waals surface area contributed by atoms with E-state index in [1.54, 1.807) is 12.2 Å². The summed E-state index contributed by atoms with van der Waals surface area (Å²) in [6.45, 7) is 2.04. The first-order chi connectivity index (χ1) is 25.7. The Hall–Kier alpha value is -5.75. The number of fused-ring (bicyclic) bond motifs is 8. The fourth-order valence-corrected chi connectivity index (χ4v) is 7.57. The third kappa shape index (κ3) is 8.65. The van der Waals surface area contributed by atoms with Crippen LogP contribution in [-0.2, 0) is 49.5 Å². The van der Waals surface area contributed by atoms with Gasteiger partial charge in [-0.05, 0) is 96.4 Å². The monoisotopic (exact) mass is 800 g/mol. The lowest BCUT2D eigenvalue weighted by molar-refractivity contribution is -0.112. The SMILES string of the molecule is CC1C=CC=CC(/C=C/C2=CC3=CC4=CC(S(=O)(=O)O)=CC(=CC5=CC(S(=O)(=O)O)=CC(=CC6=CC(S(=O)(=O)O)=CC(=CC(=C2)C3=O)C6=O)C5=O)C4=O)=CC1. The van der Waals surface area contributed by atoms with Gasteiger partial charge in [-0.25, -0.2) is 0 Å². The predicted molar refractivity (Wildman–Crippen MR) is 201 cm³/mol. The van der Waals surface area contributed by atoms with Crippen LogP contribution in [0.3, 0.4) is 0 Å². The van der Waals surface area contributed by atoms with Gasteiger partial charge >= 0.3 is 0 Å². The maximum atomic E-state index is 14.0. The highest BCUT2D eigenvalue weighted by molar-refractivity contribution is 7.90. The van der Waals surface area contributed by atoms with Gasteiger partial charge in [0.25, 0.3) is 30.4 Å². The first-order valence-corrected chi connectivity index (χ1v) is 20.4. The molecule has 6 aliphatic carbocycles. The largest absolute Gasteiger partial charge is 0.294 e. The van der Waals surface area contributed by atoms with Gasteiger partial charge in [-0.2, -0.15) is 25.3 Å². The third-order valence-electron chi connectivity index (χ3n) is 8.70. The van der Waals surface area contributed by atoms with Crippen molar-refractivity contribution in [3.63, 3.8) is 0 Å². The first kappa shape index (κ1) is 39.0. The number of carbonyl (C=O) groups is 4. The molecule has 280 valence electrons. The molecule has 0 fully saturated rings. The summed E-state index contributed by atoms with van der Waals surface area (Å²) in [5.74, 6) is -3.52. The molecule has 0 aromatic rings. The maximum Gasteiger partial charge on any atom is 0.294 e. The van der Waals surface area contributed by atoms with Crippen LogP contribution in [0.25, 0.3) is 0 Å². The lowest BCUT2D eigenvalue weighted by Crippen LogP contribution is -2.19. The smallest absolute Gasteiger partial charge is 0.289 e. The molecule has 6 rings (SSSR count).